The van der Waals surface area contributed by atoms with Gasteiger partial charge in [0.15, 0.2) is 0 Å². The molecule has 3 nitrogen and oxygen atoms in total. The summed E-state index contributed by atoms with van der Waals surface area (Å²) in [6.45, 7) is 3.55. The summed E-state index contributed by atoms with van der Waals surface area (Å²) in [5.74, 6) is -0.135. The average Bonchev–Trinajstić information content (AvgIpc) is 2.52. The van der Waals surface area contributed by atoms with E-state index in [2.05, 4.69) is 16.8 Å². The van der Waals surface area contributed by atoms with Gasteiger partial charge in [-0.05, 0) is 45.1 Å². The Morgan fingerprint density at radius 3 is 2.83 bits per heavy atom. The molecule has 0 spiro atoms. The van der Waals surface area contributed by atoms with Gasteiger partial charge in [0, 0.05) is 19.1 Å². The van der Waals surface area contributed by atoms with Gasteiger partial charge in [-0.1, -0.05) is 12.1 Å². The van der Waals surface area contributed by atoms with Crippen LogP contribution in [0.15, 0.2) is 24.3 Å². The Bertz CT molecular complexity index is 383. The summed E-state index contributed by atoms with van der Waals surface area (Å²) >= 11 is 0. The van der Waals surface area contributed by atoms with Crippen LogP contribution in [0, 0.1) is 5.82 Å². The molecule has 0 aliphatic carbocycles. The van der Waals surface area contributed by atoms with E-state index >= 15 is 0 Å². The molecule has 0 bridgehead atoms. The van der Waals surface area contributed by atoms with Crippen molar-refractivity contribution < 1.29 is 4.39 Å². The first-order chi connectivity index (χ1) is 8.72. The van der Waals surface area contributed by atoms with Gasteiger partial charge in [-0.25, -0.2) is 4.39 Å². The first-order valence-corrected chi connectivity index (χ1v) is 6.62. The highest BCUT2D eigenvalue weighted by molar-refractivity contribution is 5.49. The molecule has 1 unspecified atom stereocenters. The molecule has 2 N–H and O–H groups in total. The van der Waals surface area contributed by atoms with Crippen LogP contribution in [-0.2, 0) is 0 Å². The normalized spacial score (nSPS) is 21.9. The minimum Gasteiger partial charge on any atom is -0.365 e. The van der Waals surface area contributed by atoms with Gasteiger partial charge in [-0.15, -0.1) is 0 Å². The van der Waals surface area contributed by atoms with Crippen LogP contribution in [0.3, 0.4) is 0 Å². The largest absolute Gasteiger partial charge is 0.365 e. The van der Waals surface area contributed by atoms with Gasteiger partial charge < -0.3 is 15.5 Å². The Morgan fingerprint density at radius 1 is 1.33 bits per heavy atom. The second-order valence-electron chi connectivity index (χ2n) is 4.99. The summed E-state index contributed by atoms with van der Waals surface area (Å²) in [5, 5.41) is 0. The Balaban J connectivity index is 2.24. The molecule has 4 heteroatoms. The molecule has 2 rings (SSSR count). The molecule has 18 heavy (non-hydrogen) atoms. The van der Waals surface area contributed by atoms with Crippen LogP contribution in [-0.4, -0.2) is 44.2 Å². The highest BCUT2D eigenvalue weighted by Gasteiger charge is 2.24. The van der Waals surface area contributed by atoms with E-state index in [1.54, 1.807) is 6.07 Å². The number of para-hydroxylation sites is 1. The smallest absolute Gasteiger partial charge is 0.146 e. The molecule has 1 heterocycles. The number of rotatable bonds is 3. The lowest BCUT2D eigenvalue weighted by molar-refractivity contribution is 0.325. The third-order valence-corrected chi connectivity index (χ3v) is 3.56. The molecule has 1 aliphatic heterocycles. The molecule has 0 amide bonds. The minimum atomic E-state index is -0.135. The second-order valence-corrected chi connectivity index (χ2v) is 4.99. The fraction of sp³-hybridized carbons (Fsp3) is 0.571. The third-order valence-electron chi connectivity index (χ3n) is 3.56. The van der Waals surface area contributed by atoms with Crippen LogP contribution in [0.1, 0.15) is 12.8 Å². The number of nitrogens with two attached hydrogens (primary N) is 1. The monoisotopic (exact) mass is 251 g/mol. The zero-order valence-corrected chi connectivity index (χ0v) is 11.0. The summed E-state index contributed by atoms with van der Waals surface area (Å²) in [4.78, 5) is 4.49. The molecule has 0 radical (unpaired) electrons. The number of hydrogen-bond donors (Lipinski definition) is 1. The van der Waals surface area contributed by atoms with E-state index in [0.717, 1.165) is 32.5 Å². The van der Waals surface area contributed by atoms with Gasteiger partial charge in [0.05, 0.1) is 5.69 Å². The van der Waals surface area contributed by atoms with Crippen LogP contribution in [0.4, 0.5) is 10.1 Å². The maximum Gasteiger partial charge on any atom is 0.146 e. The lowest BCUT2D eigenvalue weighted by Crippen LogP contribution is -2.42. The number of hydrogen-bond acceptors (Lipinski definition) is 3. The second kappa shape index (κ2) is 6.16. The fourth-order valence-corrected chi connectivity index (χ4v) is 2.68. The standard InChI is InChI=1S/C14H22FN3/c1-17-9-4-10-18(12(11-17)7-8-16)14-6-3-2-5-13(14)15/h2-3,5-6,12H,4,7-11,16H2,1H3. The summed E-state index contributed by atoms with van der Waals surface area (Å²) in [6, 6.07) is 7.33. The average molecular weight is 251 g/mol. The van der Waals surface area contributed by atoms with Crippen molar-refractivity contribution in [2.75, 3.05) is 38.1 Å². The highest BCUT2D eigenvalue weighted by Crippen LogP contribution is 2.24. The van der Waals surface area contributed by atoms with Gasteiger partial charge in [0.1, 0.15) is 5.82 Å². The topological polar surface area (TPSA) is 32.5 Å². The molecule has 1 saturated heterocycles. The van der Waals surface area contributed by atoms with Crippen molar-refractivity contribution in [3.63, 3.8) is 0 Å². The number of likely N-dealkylation sites (N-methyl/N-ethyl adjacent to an activating group) is 1. The molecule has 1 aromatic rings. The van der Waals surface area contributed by atoms with Crippen LogP contribution in [0.2, 0.25) is 0 Å². The van der Waals surface area contributed by atoms with Gasteiger partial charge in [0.25, 0.3) is 0 Å². The van der Waals surface area contributed by atoms with Crippen molar-refractivity contribution in [3.05, 3.63) is 30.1 Å². The number of nitrogens with zero attached hydrogens (tertiary/aromatic N) is 2. The van der Waals surface area contributed by atoms with E-state index in [1.165, 1.54) is 6.07 Å². The van der Waals surface area contributed by atoms with E-state index in [9.17, 15) is 4.39 Å². The van der Waals surface area contributed by atoms with Crippen molar-refractivity contribution in [2.24, 2.45) is 5.73 Å². The van der Waals surface area contributed by atoms with Crippen molar-refractivity contribution in [1.29, 1.82) is 0 Å². The molecule has 1 aliphatic rings. The van der Waals surface area contributed by atoms with Gasteiger partial charge in [-0.3, -0.25) is 0 Å². The summed E-state index contributed by atoms with van der Waals surface area (Å²) < 4.78 is 13.9. The van der Waals surface area contributed by atoms with Crippen LogP contribution >= 0.6 is 0 Å². The van der Waals surface area contributed by atoms with Crippen LogP contribution in [0.25, 0.3) is 0 Å². The molecule has 1 fully saturated rings. The zero-order valence-electron chi connectivity index (χ0n) is 11.0. The van der Waals surface area contributed by atoms with Gasteiger partial charge in [-0.2, -0.15) is 0 Å². The minimum absolute atomic E-state index is 0.135. The molecular formula is C14H22FN3. The molecule has 0 aromatic heterocycles. The zero-order chi connectivity index (χ0) is 13.0. The van der Waals surface area contributed by atoms with Gasteiger partial charge >= 0.3 is 0 Å². The number of benzene rings is 1. The summed E-state index contributed by atoms with van der Waals surface area (Å²) in [7, 11) is 2.12. The molecule has 100 valence electrons. The fourth-order valence-electron chi connectivity index (χ4n) is 2.68. The third kappa shape index (κ3) is 3.00. The predicted octanol–water partition coefficient (Wildman–Crippen LogP) is 1.69. The molecular weight excluding hydrogens is 229 g/mol. The van der Waals surface area contributed by atoms with E-state index in [4.69, 9.17) is 5.73 Å². The molecule has 1 atom stereocenters. The van der Waals surface area contributed by atoms with Gasteiger partial charge in [0.2, 0.25) is 0 Å². The quantitative estimate of drug-likeness (QED) is 0.887. The predicted molar refractivity (Wildman–Crippen MR) is 73.3 cm³/mol. The van der Waals surface area contributed by atoms with Crippen molar-refractivity contribution >= 4 is 5.69 Å². The first-order valence-electron chi connectivity index (χ1n) is 6.62. The summed E-state index contributed by atoms with van der Waals surface area (Å²) in [5.41, 5.74) is 6.41. The molecule has 1 aromatic carbocycles. The van der Waals surface area contributed by atoms with E-state index in [0.29, 0.717) is 18.3 Å². The molecule has 0 saturated carbocycles. The Kier molecular flexibility index (Phi) is 4.55. The first kappa shape index (κ1) is 13.3. The maximum atomic E-state index is 13.9. The van der Waals surface area contributed by atoms with Crippen molar-refractivity contribution in [1.82, 2.24) is 4.90 Å². The summed E-state index contributed by atoms with van der Waals surface area (Å²) in [6.07, 6.45) is 1.96. The van der Waals surface area contributed by atoms with Crippen LogP contribution < -0.4 is 10.6 Å². The Hall–Kier alpha value is -1.13. The van der Waals surface area contributed by atoms with E-state index in [-0.39, 0.29) is 5.82 Å². The maximum absolute atomic E-state index is 13.9. The Labute approximate surface area is 108 Å². The highest BCUT2D eigenvalue weighted by atomic mass is 19.1. The lowest BCUT2D eigenvalue weighted by Gasteiger charge is -2.33. The SMILES string of the molecule is CN1CCCN(c2ccccc2F)C(CCN)C1. The number of anilines is 1. The van der Waals surface area contributed by atoms with Crippen LogP contribution in [0.5, 0.6) is 0 Å². The van der Waals surface area contributed by atoms with E-state index < -0.39 is 0 Å². The number of halogens is 1. The Morgan fingerprint density at radius 2 is 2.11 bits per heavy atom. The lowest BCUT2D eigenvalue weighted by atomic mass is 10.1. The van der Waals surface area contributed by atoms with Crippen molar-refractivity contribution in [3.8, 4) is 0 Å². The van der Waals surface area contributed by atoms with E-state index in [1.807, 2.05) is 12.1 Å². The van der Waals surface area contributed by atoms with Crippen molar-refractivity contribution in [2.45, 2.75) is 18.9 Å².